The zero-order valence-corrected chi connectivity index (χ0v) is 6.90. The smallest absolute Gasteiger partial charge is 0.146 e. The van der Waals surface area contributed by atoms with Gasteiger partial charge in [0.05, 0.1) is 6.04 Å². The first-order chi connectivity index (χ1) is 4.51. The molecule has 1 N–H and O–H groups in total. The Balaban J connectivity index is 2.51. The van der Waals surface area contributed by atoms with Crippen LogP contribution in [-0.4, -0.2) is 18.4 Å². The van der Waals surface area contributed by atoms with Gasteiger partial charge in [0.2, 0.25) is 0 Å². The lowest BCUT2D eigenvalue weighted by molar-refractivity contribution is -0.118. The van der Waals surface area contributed by atoms with Crippen molar-refractivity contribution in [3.8, 4) is 0 Å². The van der Waals surface area contributed by atoms with Crippen LogP contribution < -0.4 is 5.32 Å². The van der Waals surface area contributed by atoms with Gasteiger partial charge in [0.15, 0.2) is 0 Å². The number of hydrogen-bond donors (Lipinski definition) is 1. The Kier molecular flexibility index (Phi) is 1.82. The Morgan fingerprint density at radius 1 is 1.60 bits per heavy atom. The van der Waals surface area contributed by atoms with Crippen LogP contribution in [0.5, 0.6) is 0 Å². The molecule has 2 heteroatoms. The maximum atomic E-state index is 10.9. The van der Waals surface area contributed by atoms with E-state index >= 15 is 0 Å². The average Bonchev–Trinajstić information content (AvgIpc) is 2.10. The molecule has 1 aliphatic rings. The second kappa shape index (κ2) is 2.35. The van der Waals surface area contributed by atoms with E-state index in [9.17, 15) is 4.79 Å². The Morgan fingerprint density at radius 3 is 2.40 bits per heavy atom. The first-order valence-electron chi connectivity index (χ1n) is 3.75. The minimum absolute atomic E-state index is 0.120. The number of Topliss-reactive ketones (excluding diaryl/α,β-unsaturated/α-hetero) is 1. The Morgan fingerprint density at radius 2 is 2.20 bits per heavy atom. The molecule has 0 unspecified atom stereocenters. The molecular formula is C8H15NO. The highest BCUT2D eigenvalue weighted by Gasteiger charge is 2.32. The van der Waals surface area contributed by atoms with Crippen LogP contribution in [0.25, 0.3) is 0 Å². The summed E-state index contributed by atoms with van der Waals surface area (Å²) in [6, 6.07) is 0.120. The summed E-state index contributed by atoms with van der Waals surface area (Å²) >= 11 is 0. The van der Waals surface area contributed by atoms with E-state index in [1.54, 1.807) is 6.92 Å². The van der Waals surface area contributed by atoms with E-state index in [0.29, 0.717) is 5.41 Å². The summed E-state index contributed by atoms with van der Waals surface area (Å²) in [7, 11) is 0. The molecule has 1 rings (SSSR count). The SMILES string of the molecule is CC(=O)[C@@H]1CC(C)(C)CN1. The Bertz CT molecular complexity index is 151. The molecule has 0 saturated carbocycles. The Hall–Kier alpha value is -0.370. The van der Waals surface area contributed by atoms with Gasteiger partial charge in [0.25, 0.3) is 0 Å². The van der Waals surface area contributed by atoms with Crippen molar-refractivity contribution in [2.75, 3.05) is 6.54 Å². The van der Waals surface area contributed by atoms with Crippen LogP contribution >= 0.6 is 0 Å². The van der Waals surface area contributed by atoms with Gasteiger partial charge < -0.3 is 5.32 Å². The fourth-order valence-electron chi connectivity index (χ4n) is 1.38. The average molecular weight is 141 g/mol. The Labute approximate surface area is 62.0 Å². The van der Waals surface area contributed by atoms with E-state index in [0.717, 1.165) is 13.0 Å². The molecule has 1 aliphatic heterocycles. The number of carbonyl (C=O) groups excluding carboxylic acids is 1. The molecule has 0 spiro atoms. The van der Waals surface area contributed by atoms with Gasteiger partial charge in [0.1, 0.15) is 5.78 Å². The predicted octanol–water partition coefficient (Wildman–Crippen LogP) is 0.964. The van der Waals surface area contributed by atoms with Gasteiger partial charge in [-0.15, -0.1) is 0 Å². The fourth-order valence-corrected chi connectivity index (χ4v) is 1.38. The molecule has 58 valence electrons. The van der Waals surface area contributed by atoms with E-state index in [2.05, 4.69) is 19.2 Å². The fraction of sp³-hybridized carbons (Fsp3) is 0.875. The van der Waals surface area contributed by atoms with Crippen molar-refractivity contribution < 1.29 is 4.79 Å². The third kappa shape index (κ3) is 1.57. The first kappa shape index (κ1) is 7.73. The van der Waals surface area contributed by atoms with Crippen molar-refractivity contribution in [2.45, 2.75) is 33.2 Å². The van der Waals surface area contributed by atoms with Crippen molar-refractivity contribution in [3.63, 3.8) is 0 Å². The molecule has 1 atom stereocenters. The molecule has 0 bridgehead atoms. The monoisotopic (exact) mass is 141 g/mol. The number of rotatable bonds is 1. The maximum absolute atomic E-state index is 10.9. The second-order valence-electron chi connectivity index (χ2n) is 3.91. The van der Waals surface area contributed by atoms with E-state index in [-0.39, 0.29) is 11.8 Å². The van der Waals surface area contributed by atoms with Gasteiger partial charge in [-0.2, -0.15) is 0 Å². The lowest BCUT2D eigenvalue weighted by Gasteiger charge is -2.13. The third-order valence-corrected chi connectivity index (χ3v) is 2.07. The lowest BCUT2D eigenvalue weighted by atomic mass is 9.90. The zero-order valence-electron chi connectivity index (χ0n) is 6.90. The predicted molar refractivity (Wildman–Crippen MR) is 40.9 cm³/mol. The molecule has 0 radical (unpaired) electrons. The second-order valence-corrected chi connectivity index (χ2v) is 3.91. The highest BCUT2D eigenvalue weighted by atomic mass is 16.1. The van der Waals surface area contributed by atoms with Gasteiger partial charge in [-0.1, -0.05) is 13.8 Å². The van der Waals surface area contributed by atoms with Crippen LogP contribution in [0.2, 0.25) is 0 Å². The number of nitrogens with one attached hydrogen (secondary N) is 1. The largest absolute Gasteiger partial charge is 0.307 e. The lowest BCUT2D eigenvalue weighted by Crippen LogP contribution is -2.28. The minimum atomic E-state index is 0.120. The first-order valence-corrected chi connectivity index (χ1v) is 3.75. The van der Waals surface area contributed by atoms with Crippen molar-refractivity contribution in [2.24, 2.45) is 5.41 Å². The van der Waals surface area contributed by atoms with Gasteiger partial charge in [-0.25, -0.2) is 0 Å². The standard InChI is InChI=1S/C8H15NO/c1-6(10)7-4-8(2,3)5-9-7/h7,9H,4-5H2,1-3H3/t7-/m0/s1. The molecule has 2 nitrogen and oxygen atoms in total. The summed E-state index contributed by atoms with van der Waals surface area (Å²) in [5.41, 5.74) is 0.316. The van der Waals surface area contributed by atoms with Gasteiger partial charge in [-0.05, 0) is 18.8 Å². The van der Waals surface area contributed by atoms with E-state index in [1.165, 1.54) is 0 Å². The normalized spacial score (nSPS) is 30.5. The summed E-state index contributed by atoms with van der Waals surface area (Å²) < 4.78 is 0. The van der Waals surface area contributed by atoms with E-state index in [4.69, 9.17) is 0 Å². The van der Waals surface area contributed by atoms with Gasteiger partial charge in [-0.3, -0.25) is 4.79 Å². The maximum Gasteiger partial charge on any atom is 0.146 e. The quantitative estimate of drug-likeness (QED) is 0.589. The van der Waals surface area contributed by atoms with Crippen molar-refractivity contribution >= 4 is 5.78 Å². The molecule has 0 aromatic rings. The van der Waals surface area contributed by atoms with Crippen LogP contribution in [0, 0.1) is 5.41 Å². The summed E-state index contributed by atoms with van der Waals surface area (Å²) in [5, 5.41) is 3.20. The van der Waals surface area contributed by atoms with Crippen LogP contribution in [0.3, 0.4) is 0 Å². The molecule has 1 fully saturated rings. The van der Waals surface area contributed by atoms with E-state index < -0.39 is 0 Å². The molecule has 0 aliphatic carbocycles. The molecule has 0 aromatic carbocycles. The molecule has 0 aromatic heterocycles. The molecule has 0 amide bonds. The number of carbonyl (C=O) groups is 1. The van der Waals surface area contributed by atoms with Crippen LogP contribution in [0.1, 0.15) is 27.2 Å². The van der Waals surface area contributed by atoms with Crippen LogP contribution in [-0.2, 0) is 4.79 Å². The van der Waals surface area contributed by atoms with E-state index in [1.807, 2.05) is 0 Å². The minimum Gasteiger partial charge on any atom is -0.307 e. The van der Waals surface area contributed by atoms with Crippen molar-refractivity contribution in [1.29, 1.82) is 0 Å². The van der Waals surface area contributed by atoms with Gasteiger partial charge in [0, 0.05) is 6.54 Å². The summed E-state index contributed by atoms with van der Waals surface area (Å²) in [5.74, 6) is 0.269. The summed E-state index contributed by atoms with van der Waals surface area (Å²) in [6.45, 7) is 6.99. The topological polar surface area (TPSA) is 29.1 Å². The number of hydrogen-bond acceptors (Lipinski definition) is 2. The third-order valence-electron chi connectivity index (χ3n) is 2.07. The highest BCUT2D eigenvalue weighted by molar-refractivity contribution is 5.81. The molecular weight excluding hydrogens is 126 g/mol. The van der Waals surface area contributed by atoms with Crippen LogP contribution in [0.15, 0.2) is 0 Å². The molecule has 10 heavy (non-hydrogen) atoms. The highest BCUT2D eigenvalue weighted by Crippen LogP contribution is 2.27. The number of ketones is 1. The van der Waals surface area contributed by atoms with Crippen LogP contribution in [0.4, 0.5) is 0 Å². The molecule has 1 heterocycles. The van der Waals surface area contributed by atoms with Gasteiger partial charge >= 0.3 is 0 Å². The van der Waals surface area contributed by atoms with Crippen molar-refractivity contribution in [3.05, 3.63) is 0 Å². The molecule has 1 saturated heterocycles. The zero-order chi connectivity index (χ0) is 7.78. The van der Waals surface area contributed by atoms with Crippen molar-refractivity contribution in [1.82, 2.24) is 5.32 Å². The summed E-state index contributed by atoms with van der Waals surface area (Å²) in [4.78, 5) is 10.9. The summed E-state index contributed by atoms with van der Waals surface area (Å²) in [6.07, 6.45) is 0.988.